The van der Waals surface area contributed by atoms with Crippen molar-refractivity contribution >= 4 is 28.7 Å². The van der Waals surface area contributed by atoms with E-state index >= 15 is 0 Å². The number of ether oxygens (including phenoxy) is 1. The van der Waals surface area contributed by atoms with E-state index in [1.807, 2.05) is 42.5 Å². The molecule has 0 saturated carbocycles. The number of H-pyrrole nitrogens is 1. The largest absolute Gasteiger partial charge is 0.481 e. The molecule has 2 atom stereocenters. The average molecular weight is 423 g/mol. The lowest BCUT2D eigenvalue weighted by atomic mass is 10.0. The number of hydrogen-bond donors (Lipinski definition) is 4. The van der Waals surface area contributed by atoms with Crippen LogP contribution in [0.1, 0.15) is 24.0 Å². The van der Waals surface area contributed by atoms with E-state index in [1.165, 1.54) is 0 Å². The lowest BCUT2D eigenvalue weighted by Gasteiger charge is -2.19. The van der Waals surface area contributed by atoms with Crippen LogP contribution < -0.4 is 11.1 Å². The summed E-state index contributed by atoms with van der Waals surface area (Å²) in [5, 5.41) is 12.5. The molecule has 1 aromatic heterocycles. The number of carbonyl (C=O) groups excluding carboxylic acids is 2. The summed E-state index contributed by atoms with van der Waals surface area (Å²) in [7, 11) is 0. The van der Waals surface area contributed by atoms with Gasteiger partial charge in [-0.05, 0) is 30.0 Å². The van der Waals surface area contributed by atoms with Crippen molar-refractivity contribution in [2.75, 3.05) is 0 Å². The van der Waals surface area contributed by atoms with E-state index in [1.54, 1.807) is 18.3 Å². The highest BCUT2D eigenvalue weighted by molar-refractivity contribution is 5.89. The molecular formula is C23H25N3O5. The summed E-state index contributed by atoms with van der Waals surface area (Å²) in [5.74, 6) is -2.31. The number of nitrogens with two attached hydrogens (primary N) is 1. The van der Waals surface area contributed by atoms with E-state index in [9.17, 15) is 14.4 Å². The normalized spacial score (nSPS) is 12.8. The number of para-hydroxylation sites is 1. The van der Waals surface area contributed by atoms with Gasteiger partial charge >= 0.3 is 11.9 Å². The minimum atomic E-state index is -1.10. The molecule has 31 heavy (non-hydrogen) atoms. The van der Waals surface area contributed by atoms with Gasteiger partial charge in [-0.2, -0.15) is 0 Å². The van der Waals surface area contributed by atoms with Crippen LogP contribution in [0.4, 0.5) is 0 Å². The van der Waals surface area contributed by atoms with Gasteiger partial charge in [0.1, 0.15) is 12.6 Å². The molecular weight excluding hydrogens is 398 g/mol. The Morgan fingerprint density at radius 1 is 1.06 bits per heavy atom. The number of benzene rings is 2. The van der Waals surface area contributed by atoms with Crippen molar-refractivity contribution in [1.82, 2.24) is 10.3 Å². The van der Waals surface area contributed by atoms with Gasteiger partial charge in [0.2, 0.25) is 5.91 Å². The fourth-order valence-electron chi connectivity index (χ4n) is 3.25. The average Bonchev–Trinajstić information content (AvgIpc) is 3.18. The second-order valence-electron chi connectivity index (χ2n) is 7.26. The molecule has 0 aliphatic heterocycles. The van der Waals surface area contributed by atoms with E-state index in [-0.39, 0.29) is 25.9 Å². The Kier molecular flexibility index (Phi) is 7.40. The maximum absolute atomic E-state index is 12.6. The van der Waals surface area contributed by atoms with Gasteiger partial charge in [0.25, 0.3) is 0 Å². The van der Waals surface area contributed by atoms with E-state index < -0.39 is 29.9 Å². The van der Waals surface area contributed by atoms with Gasteiger partial charge in [-0.3, -0.25) is 9.59 Å². The monoisotopic (exact) mass is 423 g/mol. The first-order chi connectivity index (χ1) is 14.9. The fraction of sp³-hybridized carbons (Fsp3) is 0.261. The summed E-state index contributed by atoms with van der Waals surface area (Å²) in [4.78, 5) is 39.2. The number of nitrogens with one attached hydrogen (secondary N) is 2. The molecule has 0 spiro atoms. The highest BCUT2D eigenvalue weighted by Gasteiger charge is 2.26. The first-order valence-electron chi connectivity index (χ1n) is 9.97. The predicted octanol–water partition coefficient (Wildman–Crippen LogP) is 2.13. The predicted molar refractivity (Wildman–Crippen MR) is 115 cm³/mol. The number of hydrogen-bond acceptors (Lipinski definition) is 5. The SMILES string of the molecule is N[C@@H](Cc1c[nH]c2ccccc12)C(=O)N[C@@H](CCC(=O)O)C(=O)OCc1ccccc1. The molecule has 0 aliphatic rings. The molecule has 3 rings (SSSR count). The molecule has 0 unspecified atom stereocenters. The van der Waals surface area contributed by atoms with Gasteiger partial charge in [-0.1, -0.05) is 48.5 Å². The number of aromatic amines is 1. The Morgan fingerprint density at radius 2 is 1.77 bits per heavy atom. The first-order valence-corrected chi connectivity index (χ1v) is 9.97. The van der Waals surface area contributed by atoms with Gasteiger partial charge in [-0.25, -0.2) is 4.79 Å². The third kappa shape index (κ3) is 6.16. The number of aliphatic carboxylic acids is 1. The van der Waals surface area contributed by atoms with E-state index in [2.05, 4.69) is 10.3 Å². The molecule has 8 nitrogen and oxygen atoms in total. The minimum Gasteiger partial charge on any atom is -0.481 e. The van der Waals surface area contributed by atoms with Crippen molar-refractivity contribution in [1.29, 1.82) is 0 Å². The molecule has 0 radical (unpaired) electrons. The molecule has 2 aromatic carbocycles. The number of rotatable bonds is 10. The standard InChI is InChI=1S/C23H25N3O5/c24-18(12-16-13-25-19-9-5-4-8-17(16)19)22(29)26-20(10-11-21(27)28)23(30)31-14-15-6-2-1-3-7-15/h1-9,13,18,20,25H,10-12,14,24H2,(H,26,29)(H,27,28)/t18-,20-/m0/s1. The first kappa shape index (κ1) is 22.0. The summed E-state index contributed by atoms with van der Waals surface area (Å²) in [6, 6.07) is 14.7. The molecule has 5 N–H and O–H groups in total. The van der Waals surface area contributed by atoms with Crippen molar-refractivity contribution in [3.63, 3.8) is 0 Å². The van der Waals surface area contributed by atoms with Crippen molar-refractivity contribution in [3.05, 3.63) is 71.9 Å². The second-order valence-corrected chi connectivity index (χ2v) is 7.26. The molecule has 162 valence electrons. The Morgan fingerprint density at radius 3 is 2.52 bits per heavy atom. The number of aromatic nitrogens is 1. The molecule has 0 aliphatic carbocycles. The Bertz CT molecular complexity index is 1050. The third-order valence-electron chi connectivity index (χ3n) is 4.92. The van der Waals surface area contributed by atoms with Crippen molar-refractivity contribution in [2.45, 2.75) is 38.0 Å². The van der Waals surface area contributed by atoms with Crippen molar-refractivity contribution in [2.24, 2.45) is 5.73 Å². The molecule has 0 bridgehead atoms. The summed E-state index contributed by atoms with van der Waals surface area (Å²) in [6.07, 6.45) is 1.69. The van der Waals surface area contributed by atoms with Gasteiger partial charge < -0.3 is 25.9 Å². The summed E-state index contributed by atoms with van der Waals surface area (Å²) in [5.41, 5.74) is 8.68. The van der Waals surface area contributed by atoms with Crippen LogP contribution in [0.15, 0.2) is 60.8 Å². The number of fused-ring (bicyclic) bond motifs is 1. The van der Waals surface area contributed by atoms with Crippen molar-refractivity contribution in [3.8, 4) is 0 Å². The van der Waals surface area contributed by atoms with Crippen molar-refractivity contribution < 1.29 is 24.2 Å². The zero-order chi connectivity index (χ0) is 22.2. The van der Waals surface area contributed by atoms with Gasteiger partial charge in [0.15, 0.2) is 0 Å². The van der Waals surface area contributed by atoms with Crippen LogP contribution in [0.2, 0.25) is 0 Å². The number of esters is 1. The van der Waals surface area contributed by atoms with Gasteiger partial charge in [-0.15, -0.1) is 0 Å². The van der Waals surface area contributed by atoms with E-state index in [4.69, 9.17) is 15.6 Å². The maximum atomic E-state index is 12.6. The van der Waals surface area contributed by atoms with Crippen LogP contribution in [-0.4, -0.2) is 40.0 Å². The number of amides is 1. The topological polar surface area (TPSA) is 135 Å². The van der Waals surface area contributed by atoms with Crippen LogP contribution in [0.3, 0.4) is 0 Å². The molecule has 1 heterocycles. The maximum Gasteiger partial charge on any atom is 0.328 e. The summed E-state index contributed by atoms with van der Waals surface area (Å²) < 4.78 is 5.27. The Hall–Kier alpha value is -3.65. The quantitative estimate of drug-likeness (QED) is 0.369. The number of carboxylic acids is 1. The second kappa shape index (κ2) is 10.4. The van der Waals surface area contributed by atoms with E-state index in [0.29, 0.717) is 0 Å². The Balaban J connectivity index is 1.62. The highest BCUT2D eigenvalue weighted by Crippen LogP contribution is 2.19. The van der Waals surface area contributed by atoms with E-state index in [0.717, 1.165) is 22.0 Å². The lowest BCUT2D eigenvalue weighted by Crippen LogP contribution is -2.49. The molecule has 0 saturated heterocycles. The molecule has 3 aromatic rings. The van der Waals surface area contributed by atoms with Crippen LogP contribution >= 0.6 is 0 Å². The van der Waals surface area contributed by atoms with Crippen LogP contribution in [-0.2, 0) is 32.1 Å². The zero-order valence-electron chi connectivity index (χ0n) is 16.9. The summed E-state index contributed by atoms with van der Waals surface area (Å²) >= 11 is 0. The third-order valence-corrected chi connectivity index (χ3v) is 4.92. The van der Waals surface area contributed by atoms with Crippen LogP contribution in [0, 0.1) is 0 Å². The van der Waals surface area contributed by atoms with Gasteiger partial charge in [0, 0.05) is 23.5 Å². The number of carboxylic acid groups (broad SMARTS) is 1. The minimum absolute atomic E-state index is 0.0283. The number of carbonyl (C=O) groups is 3. The zero-order valence-corrected chi connectivity index (χ0v) is 16.9. The van der Waals surface area contributed by atoms with Crippen LogP contribution in [0.25, 0.3) is 10.9 Å². The molecule has 1 amide bonds. The lowest BCUT2D eigenvalue weighted by molar-refractivity contribution is -0.150. The molecule has 8 heteroatoms. The summed E-state index contributed by atoms with van der Waals surface area (Å²) in [6.45, 7) is 0.0283. The highest BCUT2D eigenvalue weighted by atomic mass is 16.5. The fourth-order valence-corrected chi connectivity index (χ4v) is 3.25. The van der Waals surface area contributed by atoms with Crippen LogP contribution in [0.5, 0.6) is 0 Å². The smallest absolute Gasteiger partial charge is 0.328 e. The van der Waals surface area contributed by atoms with Gasteiger partial charge in [0.05, 0.1) is 6.04 Å². The molecule has 0 fully saturated rings. The Labute approximate surface area is 179 Å².